The van der Waals surface area contributed by atoms with Crippen LogP contribution in [0.5, 0.6) is 0 Å². The Morgan fingerprint density at radius 1 is 1.38 bits per heavy atom. The summed E-state index contributed by atoms with van der Waals surface area (Å²) in [5.41, 5.74) is 0. The van der Waals surface area contributed by atoms with Crippen LogP contribution in [0.3, 0.4) is 0 Å². The van der Waals surface area contributed by atoms with Gasteiger partial charge in [0, 0.05) is 12.6 Å². The lowest BCUT2D eigenvalue weighted by atomic mass is 9.95. The van der Waals surface area contributed by atoms with Crippen molar-refractivity contribution in [3.8, 4) is 0 Å². The molecule has 94 valence electrons. The van der Waals surface area contributed by atoms with Gasteiger partial charge in [0.15, 0.2) is 0 Å². The van der Waals surface area contributed by atoms with Crippen LogP contribution in [0.15, 0.2) is 0 Å². The number of sulfonamides is 1. The van der Waals surface area contributed by atoms with Gasteiger partial charge in [-0.3, -0.25) is 0 Å². The van der Waals surface area contributed by atoms with Crippen LogP contribution in [0.25, 0.3) is 0 Å². The fourth-order valence-corrected chi connectivity index (χ4v) is 5.13. The zero-order valence-electron chi connectivity index (χ0n) is 10.3. The first-order valence-electron chi connectivity index (χ1n) is 6.12. The average molecular weight is 246 g/mol. The van der Waals surface area contributed by atoms with Gasteiger partial charge in [-0.1, -0.05) is 13.8 Å². The van der Waals surface area contributed by atoms with Gasteiger partial charge in [0.2, 0.25) is 10.0 Å². The molecule has 0 bridgehead atoms. The first-order valence-corrected chi connectivity index (χ1v) is 7.73. The molecule has 16 heavy (non-hydrogen) atoms. The summed E-state index contributed by atoms with van der Waals surface area (Å²) < 4.78 is 26.1. The van der Waals surface area contributed by atoms with Crippen LogP contribution in [0.2, 0.25) is 0 Å². The van der Waals surface area contributed by atoms with Crippen molar-refractivity contribution in [3.05, 3.63) is 0 Å². The number of hydrogen-bond donors (Lipinski definition) is 1. The van der Waals surface area contributed by atoms with Crippen molar-refractivity contribution in [1.82, 2.24) is 9.62 Å². The molecular formula is C11H22N2O2S. The Labute approximate surface area is 98.4 Å². The molecule has 3 unspecified atom stereocenters. The molecule has 0 saturated carbocycles. The Kier molecular flexibility index (Phi) is 3.29. The Balaban J connectivity index is 2.12. The van der Waals surface area contributed by atoms with Crippen LogP contribution in [0, 0.1) is 17.8 Å². The third kappa shape index (κ3) is 2.13. The predicted octanol–water partition coefficient (Wildman–Crippen LogP) is 0.512. The lowest BCUT2D eigenvalue weighted by Crippen LogP contribution is -2.40. The maximum atomic E-state index is 12.2. The molecule has 5 heteroatoms. The highest BCUT2D eigenvalue weighted by atomic mass is 32.2. The molecule has 2 aliphatic rings. The molecule has 0 aromatic rings. The quantitative estimate of drug-likeness (QED) is 0.789. The minimum absolute atomic E-state index is 0.170. The van der Waals surface area contributed by atoms with Crippen LogP contribution in [0.1, 0.15) is 20.8 Å². The molecule has 2 heterocycles. The average Bonchev–Trinajstić information content (AvgIpc) is 2.66. The summed E-state index contributed by atoms with van der Waals surface area (Å²) in [6.45, 7) is 8.63. The van der Waals surface area contributed by atoms with Crippen molar-refractivity contribution in [2.45, 2.75) is 26.8 Å². The molecule has 2 fully saturated rings. The topological polar surface area (TPSA) is 49.4 Å². The predicted molar refractivity (Wildman–Crippen MR) is 64.6 cm³/mol. The van der Waals surface area contributed by atoms with Gasteiger partial charge in [-0.15, -0.1) is 0 Å². The zero-order chi connectivity index (χ0) is 11.9. The van der Waals surface area contributed by atoms with E-state index >= 15 is 0 Å². The van der Waals surface area contributed by atoms with Crippen molar-refractivity contribution in [3.63, 3.8) is 0 Å². The van der Waals surface area contributed by atoms with Crippen molar-refractivity contribution >= 4 is 10.0 Å². The second kappa shape index (κ2) is 4.27. The first-order chi connectivity index (χ1) is 7.42. The molecular weight excluding hydrogens is 224 g/mol. The van der Waals surface area contributed by atoms with Gasteiger partial charge >= 0.3 is 0 Å². The first kappa shape index (κ1) is 12.3. The van der Waals surface area contributed by atoms with E-state index in [2.05, 4.69) is 12.2 Å². The van der Waals surface area contributed by atoms with Gasteiger partial charge in [-0.2, -0.15) is 4.31 Å². The molecule has 0 spiro atoms. The van der Waals surface area contributed by atoms with E-state index in [1.807, 2.05) is 13.8 Å². The van der Waals surface area contributed by atoms with Gasteiger partial charge in [0.05, 0.1) is 5.75 Å². The standard InChI is InChI=1S/C11H22N2O2S/c1-8(2)7-16(14,15)13-6-10-4-12-5-11(10)9(13)3/h8-12H,4-7H2,1-3H3. The van der Waals surface area contributed by atoms with E-state index in [9.17, 15) is 8.42 Å². The molecule has 2 saturated heterocycles. The van der Waals surface area contributed by atoms with Crippen LogP contribution >= 0.6 is 0 Å². The SMILES string of the molecule is CC(C)CS(=O)(=O)N1CC2CNCC2C1C. The maximum Gasteiger partial charge on any atom is 0.214 e. The molecule has 0 radical (unpaired) electrons. The van der Waals surface area contributed by atoms with Crippen molar-refractivity contribution in [2.75, 3.05) is 25.4 Å². The smallest absolute Gasteiger partial charge is 0.214 e. The van der Waals surface area contributed by atoms with E-state index in [1.54, 1.807) is 4.31 Å². The normalized spacial score (nSPS) is 35.9. The zero-order valence-corrected chi connectivity index (χ0v) is 11.1. The van der Waals surface area contributed by atoms with E-state index < -0.39 is 10.0 Å². The summed E-state index contributed by atoms with van der Waals surface area (Å²) >= 11 is 0. The minimum Gasteiger partial charge on any atom is -0.316 e. The molecule has 2 rings (SSSR count). The van der Waals surface area contributed by atoms with Gasteiger partial charge in [0.1, 0.15) is 0 Å². The van der Waals surface area contributed by atoms with E-state index in [1.165, 1.54) is 0 Å². The highest BCUT2D eigenvalue weighted by molar-refractivity contribution is 7.89. The van der Waals surface area contributed by atoms with Crippen LogP contribution in [-0.2, 0) is 10.0 Å². The third-order valence-electron chi connectivity index (χ3n) is 3.78. The summed E-state index contributed by atoms with van der Waals surface area (Å²) in [6, 6.07) is 0.170. The third-order valence-corrected chi connectivity index (χ3v) is 6.07. The molecule has 0 aromatic heterocycles. The second-order valence-electron chi connectivity index (χ2n) is 5.56. The second-order valence-corrected chi connectivity index (χ2v) is 7.53. The van der Waals surface area contributed by atoms with E-state index in [0.717, 1.165) is 13.1 Å². The lowest BCUT2D eigenvalue weighted by Gasteiger charge is -2.24. The van der Waals surface area contributed by atoms with Crippen LogP contribution < -0.4 is 5.32 Å². The van der Waals surface area contributed by atoms with E-state index in [0.29, 0.717) is 18.4 Å². The summed E-state index contributed by atoms with van der Waals surface area (Å²) in [5.74, 6) is 1.53. The van der Waals surface area contributed by atoms with Gasteiger partial charge in [-0.25, -0.2) is 8.42 Å². The Morgan fingerprint density at radius 2 is 2.06 bits per heavy atom. The van der Waals surface area contributed by atoms with E-state index in [4.69, 9.17) is 0 Å². The Hall–Kier alpha value is -0.130. The van der Waals surface area contributed by atoms with Gasteiger partial charge in [0.25, 0.3) is 0 Å². The molecule has 0 aromatic carbocycles. The van der Waals surface area contributed by atoms with Crippen molar-refractivity contribution in [1.29, 1.82) is 0 Å². The minimum atomic E-state index is -3.04. The van der Waals surface area contributed by atoms with Gasteiger partial charge < -0.3 is 5.32 Å². The van der Waals surface area contributed by atoms with E-state index in [-0.39, 0.29) is 17.7 Å². The molecule has 3 atom stereocenters. The molecule has 0 amide bonds. The van der Waals surface area contributed by atoms with Crippen LogP contribution in [-0.4, -0.2) is 44.2 Å². The summed E-state index contributed by atoms with van der Waals surface area (Å²) in [6.07, 6.45) is 0. The Bertz CT molecular complexity index is 353. The number of rotatable bonds is 3. The van der Waals surface area contributed by atoms with Crippen molar-refractivity contribution < 1.29 is 8.42 Å². The highest BCUT2D eigenvalue weighted by Crippen LogP contribution is 2.34. The highest BCUT2D eigenvalue weighted by Gasteiger charge is 2.46. The molecule has 4 nitrogen and oxygen atoms in total. The molecule has 2 aliphatic heterocycles. The monoisotopic (exact) mass is 246 g/mol. The summed E-state index contributed by atoms with van der Waals surface area (Å²) in [4.78, 5) is 0. The van der Waals surface area contributed by atoms with Crippen molar-refractivity contribution in [2.24, 2.45) is 17.8 Å². The fraction of sp³-hybridized carbons (Fsp3) is 1.00. The largest absolute Gasteiger partial charge is 0.316 e. The number of fused-ring (bicyclic) bond motifs is 1. The fourth-order valence-electron chi connectivity index (χ4n) is 3.01. The number of nitrogens with one attached hydrogen (secondary N) is 1. The summed E-state index contributed by atoms with van der Waals surface area (Å²) in [5, 5.41) is 3.35. The van der Waals surface area contributed by atoms with Gasteiger partial charge in [-0.05, 0) is 37.8 Å². The van der Waals surface area contributed by atoms with Crippen LogP contribution in [0.4, 0.5) is 0 Å². The number of nitrogens with zero attached hydrogens (tertiary/aromatic N) is 1. The molecule has 0 aliphatic carbocycles. The summed E-state index contributed by atoms with van der Waals surface area (Å²) in [7, 11) is -3.04. The lowest BCUT2D eigenvalue weighted by molar-refractivity contribution is 0.358. The Morgan fingerprint density at radius 3 is 2.62 bits per heavy atom. The molecule has 1 N–H and O–H groups in total. The number of hydrogen-bond acceptors (Lipinski definition) is 3. The maximum absolute atomic E-state index is 12.2.